The number of rotatable bonds is 7. The number of hydrogen-bond donors (Lipinski definition) is 1. The first-order valence-electron chi connectivity index (χ1n) is 10.9. The molecule has 0 saturated carbocycles. The molecule has 31 heavy (non-hydrogen) atoms. The van der Waals surface area contributed by atoms with Crippen molar-refractivity contribution in [3.8, 4) is 0 Å². The molecule has 2 fully saturated rings. The Kier molecular flexibility index (Phi) is 6.84. The van der Waals surface area contributed by atoms with Crippen LogP contribution in [-0.2, 0) is 20.9 Å². The lowest BCUT2D eigenvalue weighted by molar-refractivity contribution is -0.117. The third-order valence-corrected chi connectivity index (χ3v) is 5.71. The van der Waals surface area contributed by atoms with Crippen molar-refractivity contribution >= 4 is 28.9 Å². The summed E-state index contributed by atoms with van der Waals surface area (Å²) in [7, 11) is 1.94. The van der Waals surface area contributed by atoms with Gasteiger partial charge in [-0.05, 0) is 55.4 Å². The van der Waals surface area contributed by atoms with E-state index >= 15 is 0 Å². The van der Waals surface area contributed by atoms with Crippen LogP contribution in [0, 0.1) is 0 Å². The topological polar surface area (TPSA) is 65.1 Å². The number of benzene rings is 2. The largest absolute Gasteiger partial charge is 0.378 e. The molecule has 2 amide bonds. The Morgan fingerprint density at radius 3 is 2.32 bits per heavy atom. The van der Waals surface area contributed by atoms with Crippen LogP contribution in [0.5, 0.6) is 0 Å². The number of ether oxygens (including phenoxy) is 1. The minimum atomic E-state index is -0.0579. The molecule has 0 spiro atoms. The van der Waals surface area contributed by atoms with Crippen LogP contribution in [0.1, 0.15) is 18.4 Å². The zero-order valence-corrected chi connectivity index (χ0v) is 18.0. The van der Waals surface area contributed by atoms with Gasteiger partial charge in [0, 0.05) is 49.7 Å². The van der Waals surface area contributed by atoms with E-state index in [-0.39, 0.29) is 11.8 Å². The maximum Gasteiger partial charge on any atom is 0.238 e. The molecule has 7 heteroatoms. The van der Waals surface area contributed by atoms with E-state index in [2.05, 4.69) is 34.5 Å². The maximum atomic E-state index is 12.4. The molecule has 4 rings (SSSR count). The van der Waals surface area contributed by atoms with Crippen molar-refractivity contribution in [1.82, 2.24) is 4.90 Å². The molecule has 2 aliphatic rings. The van der Waals surface area contributed by atoms with Crippen molar-refractivity contribution in [2.24, 2.45) is 0 Å². The standard InChI is InChI=1S/C24H30N4O3/c1-26(17-19-4-8-21(9-5-19)27-13-15-31-16-14-27)18-23(29)25-20-6-10-22(11-7-20)28-12-2-3-24(28)30/h4-11H,2-3,12-18H2,1H3,(H,25,29). The van der Waals surface area contributed by atoms with Crippen LogP contribution in [0.3, 0.4) is 0 Å². The van der Waals surface area contributed by atoms with Crippen molar-refractivity contribution in [3.05, 3.63) is 54.1 Å². The highest BCUT2D eigenvalue weighted by atomic mass is 16.5. The SMILES string of the molecule is CN(CC(=O)Nc1ccc(N2CCCC2=O)cc1)Cc1ccc(N2CCOCC2)cc1. The summed E-state index contributed by atoms with van der Waals surface area (Å²) in [6.07, 6.45) is 1.51. The number of nitrogens with one attached hydrogen (secondary N) is 1. The predicted octanol–water partition coefficient (Wildman–Crippen LogP) is 2.72. The fourth-order valence-corrected chi connectivity index (χ4v) is 4.09. The minimum absolute atomic E-state index is 0.0579. The molecule has 0 unspecified atom stereocenters. The van der Waals surface area contributed by atoms with Crippen LogP contribution in [0.25, 0.3) is 0 Å². The molecular formula is C24H30N4O3. The van der Waals surface area contributed by atoms with Crippen LogP contribution in [0.2, 0.25) is 0 Å². The molecule has 2 heterocycles. The summed E-state index contributed by atoms with van der Waals surface area (Å²) in [6, 6.07) is 16.0. The molecule has 0 bridgehead atoms. The Labute approximate surface area is 183 Å². The average Bonchev–Trinajstić information content (AvgIpc) is 3.21. The second-order valence-corrected chi connectivity index (χ2v) is 8.18. The van der Waals surface area contributed by atoms with Gasteiger partial charge in [0.2, 0.25) is 11.8 Å². The first-order valence-corrected chi connectivity index (χ1v) is 10.9. The summed E-state index contributed by atoms with van der Waals surface area (Å²) in [6.45, 7) is 5.17. The lowest BCUT2D eigenvalue weighted by Crippen LogP contribution is -2.36. The van der Waals surface area contributed by atoms with Crippen LogP contribution in [0.4, 0.5) is 17.1 Å². The van der Waals surface area contributed by atoms with Gasteiger partial charge in [0.15, 0.2) is 0 Å². The number of amides is 2. The van der Waals surface area contributed by atoms with Gasteiger partial charge in [0.1, 0.15) is 0 Å². The summed E-state index contributed by atoms with van der Waals surface area (Å²) in [5.41, 5.74) is 4.01. The van der Waals surface area contributed by atoms with Crippen LogP contribution >= 0.6 is 0 Å². The van der Waals surface area contributed by atoms with Gasteiger partial charge in [-0.1, -0.05) is 12.1 Å². The van der Waals surface area contributed by atoms with Crippen molar-refractivity contribution in [3.63, 3.8) is 0 Å². The Hall–Kier alpha value is -2.90. The fraction of sp³-hybridized carbons (Fsp3) is 0.417. The van der Waals surface area contributed by atoms with Gasteiger partial charge < -0.3 is 19.9 Å². The van der Waals surface area contributed by atoms with Crippen LogP contribution in [-0.4, -0.2) is 63.2 Å². The zero-order valence-electron chi connectivity index (χ0n) is 18.0. The number of morpholine rings is 1. The number of likely N-dealkylation sites (N-methyl/N-ethyl adjacent to an activating group) is 1. The molecular weight excluding hydrogens is 392 g/mol. The molecule has 2 aliphatic heterocycles. The molecule has 164 valence electrons. The lowest BCUT2D eigenvalue weighted by Gasteiger charge is -2.29. The fourth-order valence-electron chi connectivity index (χ4n) is 4.09. The van der Waals surface area contributed by atoms with Gasteiger partial charge in [-0.2, -0.15) is 0 Å². The Morgan fingerprint density at radius 2 is 1.68 bits per heavy atom. The lowest BCUT2D eigenvalue weighted by atomic mass is 10.1. The maximum absolute atomic E-state index is 12.4. The van der Waals surface area contributed by atoms with E-state index < -0.39 is 0 Å². The average molecular weight is 423 g/mol. The van der Waals surface area contributed by atoms with E-state index in [9.17, 15) is 9.59 Å². The molecule has 0 radical (unpaired) electrons. The van der Waals surface area contributed by atoms with E-state index in [0.717, 1.165) is 50.6 Å². The molecule has 0 atom stereocenters. The second kappa shape index (κ2) is 9.94. The van der Waals surface area contributed by atoms with Gasteiger partial charge in [0.25, 0.3) is 0 Å². The third kappa shape index (κ3) is 5.62. The summed E-state index contributed by atoms with van der Waals surface area (Å²) >= 11 is 0. The first-order chi connectivity index (χ1) is 15.1. The number of carbonyl (C=O) groups is 2. The molecule has 2 aromatic rings. The summed E-state index contributed by atoms with van der Waals surface area (Å²) < 4.78 is 5.41. The van der Waals surface area contributed by atoms with Crippen molar-refractivity contribution in [2.45, 2.75) is 19.4 Å². The zero-order chi connectivity index (χ0) is 21.6. The summed E-state index contributed by atoms with van der Waals surface area (Å²) in [5.74, 6) is 0.105. The molecule has 0 aliphatic carbocycles. The van der Waals surface area contributed by atoms with Gasteiger partial charge in [-0.15, -0.1) is 0 Å². The van der Waals surface area contributed by atoms with Crippen LogP contribution < -0.4 is 15.1 Å². The number of hydrogen-bond acceptors (Lipinski definition) is 5. The van der Waals surface area contributed by atoms with E-state index in [1.807, 2.05) is 36.2 Å². The monoisotopic (exact) mass is 422 g/mol. The summed E-state index contributed by atoms with van der Waals surface area (Å²) in [4.78, 5) is 30.4. The molecule has 1 N–H and O–H groups in total. The molecule has 2 saturated heterocycles. The first kappa shape index (κ1) is 21.3. The Balaban J connectivity index is 1.25. The molecule has 0 aromatic heterocycles. The van der Waals surface area contributed by atoms with E-state index in [1.165, 1.54) is 11.3 Å². The smallest absolute Gasteiger partial charge is 0.238 e. The van der Waals surface area contributed by atoms with Crippen LogP contribution in [0.15, 0.2) is 48.5 Å². The van der Waals surface area contributed by atoms with Gasteiger partial charge in [-0.25, -0.2) is 0 Å². The van der Waals surface area contributed by atoms with Crippen molar-refractivity contribution in [1.29, 1.82) is 0 Å². The van der Waals surface area contributed by atoms with E-state index in [0.29, 0.717) is 19.5 Å². The minimum Gasteiger partial charge on any atom is -0.378 e. The van der Waals surface area contributed by atoms with Gasteiger partial charge in [-0.3, -0.25) is 14.5 Å². The van der Waals surface area contributed by atoms with E-state index in [1.54, 1.807) is 4.90 Å². The van der Waals surface area contributed by atoms with Gasteiger partial charge >= 0.3 is 0 Å². The Morgan fingerprint density at radius 1 is 1.00 bits per heavy atom. The highest BCUT2D eigenvalue weighted by Gasteiger charge is 2.21. The normalized spacial score (nSPS) is 16.8. The predicted molar refractivity (Wildman–Crippen MR) is 122 cm³/mol. The molecule has 2 aromatic carbocycles. The number of nitrogens with zero attached hydrogens (tertiary/aromatic N) is 3. The highest BCUT2D eigenvalue weighted by molar-refractivity contribution is 5.96. The number of anilines is 3. The summed E-state index contributed by atoms with van der Waals surface area (Å²) in [5, 5.41) is 2.94. The highest BCUT2D eigenvalue weighted by Crippen LogP contribution is 2.23. The van der Waals surface area contributed by atoms with Crippen molar-refractivity contribution < 1.29 is 14.3 Å². The Bertz CT molecular complexity index is 892. The second-order valence-electron chi connectivity index (χ2n) is 8.18. The number of carbonyl (C=O) groups excluding carboxylic acids is 2. The van der Waals surface area contributed by atoms with Gasteiger partial charge in [0.05, 0.1) is 19.8 Å². The molecule has 7 nitrogen and oxygen atoms in total. The third-order valence-electron chi connectivity index (χ3n) is 5.71. The van der Waals surface area contributed by atoms with Crippen molar-refractivity contribution in [2.75, 3.05) is 61.6 Å². The van der Waals surface area contributed by atoms with E-state index in [4.69, 9.17) is 4.74 Å². The quantitative estimate of drug-likeness (QED) is 0.743.